The molecular weight excluding hydrogens is 190 g/mol. The Hall–Kier alpha value is -1.97. The van der Waals surface area contributed by atoms with Gasteiger partial charge in [-0.1, -0.05) is 0 Å². The van der Waals surface area contributed by atoms with Crippen molar-refractivity contribution in [3.63, 3.8) is 0 Å². The first-order valence-corrected chi connectivity index (χ1v) is 4.59. The molecular formula is C11H11N3O. The van der Waals surface area contributed by atoms with Crippen molar-refractivity contribution in [2.45, 2.75) is 0 Å². The van der Waals surface area contributed by atoms with Gasteiger partial charge in [0.2, 0.25) is 0 Å². The summed E-state index contributed by atoms with van der Waals surface area (Å²) in [6.45, 7) is 0. The van der Waals surface area contributed by atoms with Gasteiger partial charge in [-0.2, -0.15) is 0 Å². The average molecular weight is 201 g/mol. The highest BCUT2D eigenvalue weighted by Crippen LogP contribution is 2.21. The zero-order chi connectivity index (χ0) is 10.8. The van der Waals surface area contributed by atoms with E-state index in [2.05, 4.69) is 9.97 Å². The molecule has 0 aliphatic carbocycles. The number of nitrogens with zero attached hydrogens (tertiary/aromatic N) is 3. The Morgan fingerprint density at radius 2 is 2.07 bits per heavy atom. The molecule has 1 aromatic carbocycles. The molecule has 0 fully saturated rings. The molecule has 0 saturated heterocycles. The quantitative estimate of drug-likeness (QED) is 0.691. The van der Waals surface area contributed by atoms with Gasteiger partial charge in [0.1, 0.15) is 18.4 Å². The minimum absolute atomic E-state index is 0.639. The lowest BCUT2D eigenvalue weighted by Gasteiger charge is -2.13. The van der Waals surface area contributed by atoms with Crippen molar-refractivity contribution >= 4 is 23.0 Å². The Balaban J connectivity index is 2.75. The van der Waals surface area contributed by atoms with Crippen molar-refractivity contribution in [1.82, 2.24) is 9.97 Å². The molecule has 76 valence electrons. The summed E-state index contributed by atoms with van der Waals surface area (Å²) >= 11 is 0. The Bertz CT molecular complexity index is 508. The smallest absolute Gasteiger partial charge is 0.150 e. The molecule has 0 atom stereocenters. The summed E-state index contributed by atoms with van der Waals surface area (Å²) in [5.41, 5.74) is 1.49. The zero-order valence-corrected chi connectivity index (χ0v) is 8.64. The van der Waals surface area contributed by atoms with Gasteiger partial charge >= 0.3 is 0 Å². The molecule has 4 nitrogen and oxygen atoms in total. The van der Waals surface area contributed by atoms with E-state index in [9.17, 15) is 4.79 Å². The summed E-state index contributed by atoms with van der Waals surface area (Å²) in [4.78, 5) is 20.9. The molecule has 0 radical (unpaired) electrons. The van der Waals surface area contributed by atoms with Crippen molar-refractivity contribution in [2.75, 3.05) is 19.0 Å². The van der Waals surface area contributed by atoms with Gasteiger partial charge in [0.15, 0.2) is 0 Å². The van der Waals surface area contributed by atoms with Crippen LogP contribution in [0.2, 0.25) is 0 Å². The van der Waals surface area contributed by atoms with Crippen LogP contribution in [-0.2, 0) is 0 Å². The molecule has 1 heterocycles. The van der Waals surface area contributed by atoms with E-state index in [0.29, 0.717) is 5.56 Å². The molecule has 0 saturated carbocycles. The fourth-order valence-electron chi connectivity index (χ4n) is 1.49. The predicted octanol–water partition coefficient (Wildman–Crippen LogP) is 1.51. The lowest BCUT2D eigenvalue weighted by atomic mass is 10.1. The molecule has 0 spiro atoms. The number of fused-ring (bicyclic) bond motifs is 1. The lowest BCUT2D eigenvalue weighted by Crippen LogP contribution is -2.11. The van der Waals surface area contributed by atoms with Crippen molar-refractivity contribution in [1.29, 1.82) is 0 Å². The van der Waals surface area contributed by atoms with Gasteiger partial charge in [-0.15, -0.1) is 0 Å². The maximum atomic E-state index is 10.7. The molecule has 4 heteroatoms. The number of hydrogen-bond acceptors (Lipinski definition) is 4. The van der Waals surface area contributed by atoms with Crippen LogP contribution in [0.25, 0.3) is 10.9 Å². The number of carbonyl (C=O) groups excluding carboxylic acids is 1. The minimum atomic E-state index is 0.639. The first-order chi connectivity index (χ1) is 7.22. The molecule has 0 N–H and O–H groups in total. The number of rotatable bonds is 2. The highest BCUT2D eigenvalue weighted by Gasteiger charge is 2.05. The number of benzene rings is 1. The number of hydrogen-bond donors (Lipinski definition) is 0. The summed E-state index contributed by atoms with van der Waals surface area (Å²) in [7, 11) is 3.82. The third-order valence-electron chi connectivity index (χ3n) is 2.20. The molecule has 15 heavy (non-hydrogen) atoms. The second-order valence-corrected chi connectivity index (χ2v) is 3.49. The van der Waals surface area contributed by atoms with Gasteiger partial charge in [-0.25, -0.2) is 9.97 Å². The van der Waals surface area contributed by atoms with Crippen LogP contribution in [0.5, 0.6) is 0 Å². The Kier molecular flexibility index (Phi) is 2.33. The van der Waals surface area contributed by atoms with Gasteiger partial charge in [0.25, 0.3) is 0 Å². The molecule has 0 bridgehead atoms. The number of aromatic nitrogens is 2. The van der Waals surface area contributed by atoms with Crippen LogP contribution in [0.4, 0.5) is 5.82 Å². The summed E-state index contributed by atoms with van der Waals surface area (Å²) in [5, 5.41) is 0.895. The molecule has 0 amide bonds. The second-order valence-electron chi connectivity index (χ2n) is 3.49. The number of anilines is 1. The van der Waals surface area contributed by atoms with Crippen LogP contribution in [0, 0.1) is 0 Å². The van der Waals surface area contributed by atoms with E-state index < -0.39 is 0 Å². The molecule has 0 aliphatic rings. The summed E-state index contributed by atoms with van der Waals surface area (Å²) < 4.78 is 0. The van der Waals surface area contributed by atoms with Crippen molar-refractivity contribution in [2.24, 2.45) is 0 Å². The normalized spacial score (nSPS) is 10.3. The first kappa shape index (κ1) is 9.58. The summed E-state index contributed by atoms with van der Waals surface area (Å²) in [6, 6.07) is 5.38. The fraction of sp³-hybridized carbons (Fsp3) is 0.182. The van der Waals surface area contributed by atoms with Crippen molar-refractivity contribution in [3.05, 3.63) is 30.1 Å². The third kappa shape index (κ3) is 1.66. The number of aldehydes is 1. The van der Waals surface area contributed by atoms with Crippen LogP contribution < -0.4 is 4.90 Å². The maximum Gasteiger partial charge on any atom is 0.150 e. The van der Waals surface area contributed by atoms with Crippen LogP contribution >= 0.6 is 0 Å². The monoisotopic (exact) mass is 201 g/mol. The van der Waals surface area contributed by atoms with Crippen LogP contribution in [-0.4, -0.2) is 30.3 Å². The Morgan fingerprint density at radius 3 is 2.73 bits per heavy atom. The van der Waals surface area contributed by atoms with Gasteiger partial charge < -0.3 is 4.90 Å². The SMILES string of the molecule is CN(C)c1ncnc2ccc(C=O)cc12. The standard InChI is InChI=1S/C11H11N3O/c1-14(2)11-9-5-8(6-15)3-4-10(9)12-7-13-11/h3-7H,1-2H3. The third-order valence-corrected chi connectivity index (χ3v) is 2.20. The van der Waals surface area contributed by atoms with E-state index in [1.165, 1.54) is 6.33 Å². The van der Waals surface area contributed by atoms with E-state index in [1.54, 1.807) is 12.1 Å². The summed E-state index contributed by atoms with van der Waals surface area (Å²) in [6.07, 6.45) is 2.35. The predicted molar refractivity (Wildman–Crippen MR) is 59.3 cm³/mol. The Morgan fingerprint density at radius 1 is 1.27 bits per heavy atom. The topological polar surface area (TPSA) is 46.1 Å². The van der Waals surface area contributed by atoms with E-state index in [4.69, 9.17) is 0 Å². The van der Waals surface area contributed by atoms with E-state index in [0.717, 1.165) is 23.0 Å². The van der Waals surface area contributed by atoms with E-state index in [1.807, 2.05) is 25.1 Å². The first-order valence-electron chi connectivity index (χ1n) is 4.59. The Labute approximate surface area is 87.6 Å². The zero-order valence-electron chi connectivity index (χ0n) is 8.64. The van der Waals surface area contributed by atoms with Crippen LogP contribution in [0.1, 0.15) is 10.4 Å². The molecule has 0 unspecified atom stereocenters. The number of carbonyl (C=O) groups is 1. The maximum absolute atomic E-state index is 10.7. The van der Waals surface area contributed by atoms with Gasteiger partial charge in [0, 0.05) is 25.0 Å². The lowest BCUT2D eigenvalue weighted by molar-refractivity contribution is 0.112. The fourth-order valence-corrected chi connectivity index (χ4v) is 1.49. The van der Waals surface area contributed by atoms with Crippen molar-refractivity contribution < 1.29 is 4.79 Å². The largest absolute Gasteiger partial charge is 0.362 e. The molecule has 1 aromatic heterocycles. The molecule has 2 aromatic rings. The highest BCUT2D eigenvalue weighted by molar-refractivity contribution is 5.93. The van der Waals surface area contributed by atoms with Gasteiger partial charge in [0.05, 0.1) is 5.52 Å². The second kappa shape index (κ2) is 3.65. The highest BCUT2D eigenvalue weighted by atomic mass is 16.1. The summed E-state index contributed by atoms with van der Waals surface area (Å²) in [5.74, 6) is 0.823. The van der Waals surface area contributed by atoms with E-state index in [-0.39, 0.29) is 0 Å². The average Bonchev–Trinajstić information content (AvgIpc) is 2.27. The van der Waals surface area contributed by atoms with Crippen LogP contribution in [0.15, 0.2) is 24.5 Å². The van der Waals surface area contributed by atoms with Gasteiger partial charge in [-0.05, 0) is 18.2 Å². The molecule has 0 aliphatic heterocycles. The van der Waals surface area contributed by atoms with E-state index >= 15 is 0 Å². The molecule has 2 rings (SSSR count). The minimum Gasteiger partial charge on any atom is -0.362 e. The van der Waals surface area contributed by atoms with Gasteiger partial charge in [-0.3, -0.25) is 4.79 Å². The van der Waals surface area contributed by atoms with Crippen LogP contribution in [0.3, 0.4) is 0 Å². The van der Waals surface area contributed by atoms with Crippen molar-refractivity contribution in [3.8, 4) is 0 Å².